The molecule has 0 atom stereocenters. The lowest BCUT2D eigenvalue weighted by Gasteiger charge is -2.07. The highest BCUT2D eigenvalue weighted by atomic mass is 127. The molecule has 0 heterocycles. The molecule has 1 aliphatic rings. The zero-order valence-electron chi connectivity index (χ0n) is 26.2. The van der Waals surface area contributed by atoms with Gasteiger partial charge < -0.3 is 19.1 Å². The van der Waals surface area contributed by atoms with Crippen LogP contribution < -0.4 is 9.47 Å². The number of benzene rings is 5. The summed E-state index contributed by atoms with van der Waals surface area (Å²) in [6, 6.07) is 46.4. The summed E-state index contributed by atoms with van der Waals surface area (Å²) in [5.41, 5.74) is 6.24. The molecule has 0 saturated carbocycles. The third kappa shape index (κ3) is 12.9. The molecule has 0 N–H and O–H groups in total. The molecule has 6 rings (SSSR count). The van der Waals surface area contributed by atoms with E-state index in [1.54, 1.807) is 0 Å². The van der Waals surface area contributed by atoms with Gasteiger partial charge in [0.05, 0.1) is 0 Å². The standard InChI is InChI=1S/C20H18O.C18H14O.CH3I.2CH2O/c1-16-7-5-6-8-18(15-16)17-11-13-20(14-12-17)21-19-9-3-2-4-10-19;1-3-7-15(8-4-1)16-11-13-18(14-12-16)19-17-9-5-2-6-10-17;3*1-2/h2-6,8-15H,7H2,1H3;1-14H;1H3;2*1H2. The molecule has 5 aromatic carbocycles. The van der Waals surface area contributed by atoms with E-state index < -0.39 is 0 Å². The highest BCUT2D eigenvalue weighted by Gasteiger charge is 2.03. The van der Waals surface area contributed by atoms with E-state index in [9.17, 15) is 0 Å². The van der Waals surface area contributed by atoms with Gasteiger partial charge in [-0.2, -0.15) is 0 Å². The third-order valence-electron chi connectivity index (χ3n) is 6.36. The van der Waals surface area contributed by atoms with Crippen LogP contribution in [-0.4, -0.2) is 18.5 Å². The van der Waals surface area contributed by atoms with Crippen molar-refractivity contribution in [3.63, 3.8) is 0 Å². The van der Waals surface area contributed by atoms with Crippen LogP contribution in [0.5, 0.6) is 23.0 Å². The zero-order valence-corrected chi connectivity index (χ0v) is 28.4. The number of rotatable bonds is 6. The smallest absolute Gasteiger partial charge is 0.127 e. The van der Waals surface area contributed by atoms with Gasteiger partial charge in [-0.1, -0.05) is 143 Å². The molecule has 234 valence electrons. The van der Waals surface area contributed by atoms with Crippen molar-refractivity contribution in [2.75, 3.05) is 4.93 Å². The summed E-state index contributed by atoms with van der Waals surface area (Å²) in [7, 11) is 0. The van der Waals surface area contributed by atoms with Gasteiger partial charge in [0.15, 0.2) is 0 Å². The molecule has 0 amide bonds. The maximum atomic E-state index is 8.00. The van der Waals surface area contributed by atoms with Gasteiger partial charge in [0.25, 0.3) is 0 Å². The molecule has 0 aromatic heterocycles. The second-order valence-corrected chi connectivity index (χ2v) is 9.49. The number of hydrogen-bond acceptors (Lipinski definition) is 4. The van der Waals surface area contributed by atoms with E-state index in [1.807, 2.05) is 122 Å². The van der Waals surface area contributed by atoms with Crippen molar-refractivity contribution in [2.45, 2.75) is 13.3 Å². The van der Waals surface area contributed by atoms with Crippen molar-refractivity contribution < 1.29 is 19.1 Å². The van der Waals surface area contributed by atoms with Crippen LogP contribution in [0.25, 0.3) is 16.7 Å². The van der Waals surface area contributed by atoms with Crippen LogP contribution >= 0.6 is 22.6 Å². The Kier molecular flexibility index (Phi) is 18.2. The molecule has 0 aliphatic heterocycles. The second-order valence-electron chi connectivity index (χ2n) is 9.49. The highest BCUT2D eigenvalue weighted by Crippen LogP contribution is 2.27. The van der Waals surface area contributed by atoms with Crippen molar-refractivity contribution in [3.05, 3.63) is 175 Å². The lowest BCUT2D eigenvalue weighted by Crippen LogP contribution is -1.86. The van der Waals surface area contributed by atoms with Gasteiger partial charge in [0.1, 0.15) is 36.6 Å². The van der Waals surface area contributed by atoms with Gasteiger partial charge in [0, 0.05) is 0 Å². The van der Waals surface area contributed by atoms with Crippen LogP contribution in [0.3, 0.4) is 0 Å². The van der Waals surface area contributed by atoms with Crippen molar-refractivity contribution in [3.8, 4) is 34.1 Å². The summed E-state index contributed by atoms with van der Waals surface area (Å²) < 4.78 is 11.6. The third-order valence-corrected chi connectivity index (χ3v) is 6.36. The number of allylic oxidation sites excluding steroid dienone is 6. The molecular weight excluding hydrogens is 683 g/mol. The average molecular weight is 723 g/mol. The fraction of sp³-hybridized carbons (Fsp3) is 0.0732. The van der Waals surface area contributed by atoms with Gasteiger partial charge in [-0.3, -0.25) is 0 Å². The zero-order chi connectivity index (χ0) is 33.4. The molecule has 0 bridgehead atoms. The van der Waals surface area contributed by atoms with E-state index in [0.717, 1.165) is 29.4 Å². The number of hydrogen-bond donors (Lipinski definition) is 0. The number of halogens is 1. The second kappa shape index (κ2) is 22.5. The summed E-state index contributed by atoms with van der Waals surface area (Å²) in [6.45, 7) is 6.16. The topological polar surface area (TPSA) is 52.6 Å². The Hall–Kier alpha value is -5.01. The predicted molar refractivity (Wildman–Crippen MR) is 201 cm³/mol. The molecular formula is C41H39IO4. The first-order chi connectivity index (χ1) is 22.7. The molecule has 0 spiro atoms. The molecule has 0 radical (unpaired) electrons. The fourth-order valence-corrected chi connectivity index (χ4v) is 4.29. The van der Waals surface area contributed by atoms with Crippen LogP contribution in [0.2, 0.25) is 0 Å². The van der Waals surface area contributed by atoms with Crippen molar-refractivity contribution in [1.82, 2.24) is 0 Å². The van der Waals surface area contributed by atoms with E-state index >= 15 is 0 Å². The Morgan fingerprint density at radius 2 is 0.870 bits per heavy atom. The minimum absolute atomic E-state index is 0.853. The number of carbonyl (C=O) groups excluding carboxylic acids is 2. The molecule has 46 heavy (non-hydrogen) atoms. The molecule has 0 unspecified atom stereocenters. The maximum Gasteiger partial charge on any atom is 0.127 e. The Bertz CT molecular complexity index is 1610. The molecule has 5 heteroatoms. The van der Waals surface area contributed by atoms with Crippen molar-refractivity contribution >= 4 is 41.7 Å². The van der Waals surface area contributed by atoms with Gasteiger partial charge in [-0.25, -0.2) is 0 Å². The number of ether oxygens (including phenoxy) is 2. The van der Waals surface area contributed by atoms with Gasteiger partial charge in [0.2, 0.25) is 0 Å². The predicted octanol–water partition coefficient (Wildman–Crippen LogP) is 11.6. The molecule has 4 nitrogen and oxygen atoms in total. The van der Waals surface area contributed by atoms with Crippen LogP contribution in [0.4, 0.5) is 0 Å². The van der Waals surface area contributed by atoms with Crippen LogP contribution in [0, 0.1) is 0 Å². The van der Waals surface area contributed by atoms with Crippen molar-refractivity contribution in [2.24, 2.45) is 0 Å². The Balaban J connectivity index is 0.000000277. The Labute approximate surface area is 286 Å². The maximum absolute atomic E-state index is 8.00. The Morgan fingerprint density at radius 3 is 1.33 bits per heavy atom. The molecule has 0 saturated heterocycles. The van der Waals surface area contributed by atoms with Gasteiger partial charge in [-0.15, -0.1) is 0 Å². The number of carbonyl (C=O) groups is 2. The van der Waals surface area contributed by atoms with Gasteiger partial charge >= 0.3 is 0 Å². The van der Waals surface area contributed by atoms with Crippen LogP contribution in [-0.2, 0) is 9.59 Å². The van der Waals surface area contributed by atoms with E-state index in [-0.39, 0.29) is 0 Å². The highest BCUT2D eigenvalue weighted by molar-refractivity contribution is 14.1. The minimum Gasteiger partial charge on any atom is -0.457 e. The average Bonchev–Trinajstić information content (AvgIpc) is 3.37. The van der Waals surface area contributed by atoms with E-state index in [4.69, 9.17) is 19.1 Å². The first-order valence-electron chi connectivity index (χ1n) is 14.4. The number of alkyl halides is 1. The Morgan fingerprint density at radius 1 is 0.500 bits per heavy atom. The normalized spacial score (nSPS) is 10.9. The van der Waals surface area contributed by atoms with Crippen molar-refractivity contribution in [1.29, 1.82) is 0 Å². The summed E-state index contributed by atoms with van der Waals surface area (Å²) in [5, 5.41) is 0. The quantitative estimate of drug-likeness (QED) is 0.129. The molecule has 5 aromatic rings. The first kappa shape index (κ1) is 37.2. The minimum atomic E-state index is 0.853. The van der Waals surface area contributed by atoms with Crippen LogP contribution in [0.15, 0.2) is 169 Å². The van der Waals surface area contributed by atoms with Gasteiger partial charge in [-0.05, 0) is 89.1 Å². The van der Waals surface area contributed by atoms with E-state index in [1.165, 1.54) is 27.8 Å². The molecule has 1 aliphatic carbocycles. The van der Waals surface area contributed by atoms with E-state index in [0.29, 0.717) is 0 Å². The fourth-order valence-electron chi connectivity index (χ4n) is 4.29. The summed E-state index contributed by atoms with van der Waals surface area (Å²) in [6.07, 6.45) is 9.73. The lowest BCUT2D eigenvalue weighted by atomic mass is 10.0. The SMILES string of the molecule is C=O.C=O.CC1=CC(c2ccc(Oc3ccccc3)cc2)=CC=CC1.CI.c1ccc(Oc2ccc(-c3ccccc3)cc2)cc1. The van der Waals surface area contributed by atoms with Crippen LogP contribution in [0.1, 0.15) is 18.9 Å². The van der Waals surface area contributed by atoms with E-state index in [2.05, 4.69) is 90.2 Å². The first-order valence-corrected chi connectivity index (χ1v) is 16.6. The monoisotopic (exact) mass is 722 g/mol. The summed E-state index contributed by atoms with van der Waals surface area (Å²) in [4.78, 5) is 18.0. The number of para-hydroxylation sites is 2. The molecule has 0 fully saturated rings. The summed E-state index contributed by atoms with van der Waals surface area (Å²) >= 11 is 2.15. The lowest BCUT2D eigenvalue weighted by molar-refractivity contribution is -0.0987. The summed E-state index contributed by atoms with van der Waals surface area (Å²) in [5.74, 6) is 3.42. The largest absolute Gasteiger partial charge is 0.457 e.